The Morgan fingerprint density at radius 3 is 0.414 bits per heavy atom. The van der Waals surface area contributed by atoms with Crippen molar-refractivity contribution >= 4 is 11.4 Å². The molecular weight excluding hydrogens is 1660 g/mol. The number of hydrogen-bond acceptors (Lipinski definition) is 16. The first-order chi connectivity index (χ1) is 65.4. The molecule has 1 saturated heterocycles. The molecule has 0 amide bonds. The van der Waals surface area contributed by atoms with Gasteiger partial charge in [0.15, 0.2) is 0 Å². The van der Waals surface area contributed by atoms with Crippen LogP contribution in [0.3, 0.4) is 0 Å². The van der Waals surface area contributed by atoms with Gasteiger partial charge in [0, 0.05) is 60.9 Å². The fraction of sp³-hybridized carbons (Fsp3) is 0.171. The number of aryl methyl sites for hydroxylation is 4. The highest BCUT2D eigenvalue weighted by Gasteiger charge is 2.28. The molecule has 0 aliphatic carbocycles. The summed E-state index contributed by atoms with van der Waals surface area (Å²) >= 11 is 0. The molecule has 0 spiro atoms. The van der Waals surface area contributed by atoms with Crippen LogP contribution in [0.2, 0.25) is 0 Å². The Bertz CT molecular complexity index is 5440. The lowest BCUT2D eigenvalue weighted by Crippen LogP contribution is -2.21. The van der Waals surface area contributed by atoms with Gasteiger partial charge in [-0.1, -0.05) is 243 Å². The van der Waals surface area contributed by atoms with Crippen LogP contribution < -0.4 is 76.1 Å². The maximum atomic E-state index is 6.79. The molecule has 1 aliphatic rings. The maximum Gasteiger partial charge on any atom is 0.208 e. The van der Waals surface area contributed by atoms with Crippen LogP contribution in [0, 0.1) is 34.4 Å². The van der Waals surface area contributed by atoms with Gasteiger partial charge < -0.3 is 76.1 Å². The zero-order valence-electron chi connectivity index (χ0n) is 75.2. The van der Waals surface area contributed by atoms with Gasteiger partial charge in [0.05, 0.1) is 0 Å². The molecular formula is C117H106N2O14. The smallest absolute Gasteiger partial charge is 0.208 e. The summed E-state index contributed by atoms with van der Waals surface area (Å²) in [5.41, 5.74) is 19.8. The van der Waals surface area contributed by atoms with Gasteiger partial charge in [-0.05, 0) is 225 Å². The molecule has 16 heteroatoms. The Balaban J connectivity index is 0.589. The molecule has 0 atom stereocenters. The minimum Gasteiger partial charge on any atom is -0.489 e. The quantitative estimate of drug-likeness (QED) is 0.0358. The molecule has 0 unspecified atom stereocenters. The molecule has 1 fully saturated rings. The van der Waals surface area contributed by atoms with Gasteiger partial charge in [-0.3, -0.25) is 0 Å². The topological polar surface area (TPSA) is 136 Å². The van der Waals surface area contributed by atoms with E-state index in [4.69, 9.17) is 66.3 Å². The molecule has 0 bridgehead atoms. The molecule has 133 heavy (non-hydrogen) atoms. The number of anilines is 2. The zero-order valence-corrected chi connectivity index (χ0v) is 75.2. The van der Waals surface area contributed by atoms with Gasteiger partial charge >= 0.3 is 0 Å². The van der Waals surface area contributed by atoms with Crippen LogP contribution in [-0.2, 0) is 92.5 Å². The minimum atomic E-state index is 0.198. The van der Waals surface area contributed by atoms with Gasteiger partial charge in [-0.15, -0.1) is 0 Å². The standard InChI is InChI=1S/C117H106N2O14/c1-84-47-102(128-77-96-59-112(130-79-98-51-104(120-69-88-29-13-5-14-30-88)63-105(52-98)121-70-89-31-15-6-16-32-89)67-113(60-96)131-80-99-53-106(122-71-90-33-17-7-18-34-90)64-107(54-99)123-72-91-35-19-8-20-36-91)48-85(2)116(84)118-45-46-119(83-118)117-86(3)49-103(50-87(117)4)129-78-97-61-114(132-81-100-55-108(124-73-92-37-21-9-22-38-92)65-109(56-100)125-74-93-39-23-10-24-40-93)68-115(62-97)133-82-101-57-110(126-75-94-41-25-11-26-42-94)66-111(58-101)127-76-95-43-27-12-28-44-95/h5-44,47-68H,45-46,69-82H2,1-4H3. The average Bonchev–Trinajstić information content (AvgIpc) is 1.71. The van der Waals surface area contributed by atoms with E-state index in [1.807, 2.05) is 352 Å². The zero-order chi connectivity index (χ0) is 90.5. The molecule has 1 aliphatic heterocycles. The molecule has 0 saturated carbocycles. The molecule has 668 valence electrons. The first-order valence-electron chi connectivity index (χ1n) is 44.9. The van der Waals surface area contributed by atoms with Crippen LogP contribution in [0.5, 0.6) is 80.5 Å². The van der Waals surface area contributed by atoms with Crippen molar-refractivity contribution in [3.8, 4) is 80.5 Å². The summed E-state index contributed by atoms with van der Waals surface area (Å²) in [4.78, 5) is 4.43. The van der Waals surface area contributed by atoms with Crippen molar-refractivity contribution in [3.63, 3.8) is 0 Å². The van der Waals surface area contributed by atoms with Gasteiger partial charge in [0.1, 0.15) is 173 Å². The average molecular weight is 1760 g/mol. The van der Waals surface area contributed by atoms with Gasteiger partial charge in [-0.25, -0.2) is 0 Å². The van der Waals surface area contributed by atoms with Crippen LogP contribution in [0.1, 0.15) is 100 Å². The van der Waals surface area contributed by atoms with Crippen molar-refractivity contribution < 1.29 is 66.3 Å². The summed E-state index contributed by atoms with van der Waals surface area (Å²) in [6.07, 6.45) is 0. The van der Waals surface area contributed by atoms with Crippen LogP contribution in [0.4, 0.5) is 11.4 Å². The molecule has 2 radical (unpaired) electrons. The predicted octanol–water partition coefficient (Wildman–Crippen LogP) is 26.3. The third-order valence-electron chi connectivity index (χ3n) is 22.3. The highest BCUT2D eigenvalue weighted by Crippen LogP contribution is 2.40. The highest BCUT2D eigenvalue weighted by atomic mass is 16.5. The largest absolute Gasteiger partial charge is 0.489 e. The van der Waals surface area contributed by atoms with E-state index < -0.39 is 0 Å². The summed E-state index contributed by atoms with van der Waals surface area (Å²) < 4.78 is 92.0. The second kappa shape index (κ2) is 45.0. The predicted molar refractivity (Wildman–Crippen MR) is 521 cm³/mol. The van der Waals surface area contributed by atoms with E-state index in [0.717, 1.165) is 123 Å². The van der Waals surface area contributed by atoms with E-state index in [0.29, 0.717) is 135 Å². The van der Waals surface area contributed by atoms with Crippen LogP contribution in [0.15, 0.2) is 376 Å². The third kappa shape index (κ3) is 26.5. The fourth-order valence-corrected chi connectivity index (χ4v) is 15.8. The maximum absolute atomic E-state index is 6.79. The minimum absolute atomic E-state index is 0.198. The van der Waals surface area contributed by atoms with Gasteiger partial charge in [0.2, 0.25) is 6.67 Å². The van der Waals surface area contributed by atoms with Crippen molar-refractivity contribution in [3.05, 3.63) is 483 Å². The summed E-state index contributed by atoms with van der Waals surface area (Å²) in [7, 11) is 0. The summed E-state index contributed by atoms with van der Waals surface area (Å²) in [5.74, 6) is 9.05. The van der Waals surface area contributed by atoms with E-state index in [-0.39, 0.29) is 39.6 Å². The fourth-order valence-electron chi connectivity index (χ4n) is 15.8. The van der Waals surface area contributed by atoms with Crippen LogP contribution >= 0.6 is 0 Å². The van der Waals surface area contributed by atoms with E-state index in [9.17, 15) is 0 Å². The first-order valence-corrected chi connectivity index (χ1v) is 44.9. The van der Waals surface area contributed by atoms with Gasteiger partial charge in [0.25, 0.3) is 0 Å². The summed E-state index contributed by atoms with van der Waals surface area (Å²) in [6.45, 7) is 18.0. The lowest BCUT2D eigenvalue weighted by atomic mass is 10.1. The Morgan fingerprint density at radius 1 is 0.158 bits per heavy atom. The SMILES string of the molecule is Cc1cc(OCc2cc(OCc3cc(OCc4ccccc4)cc(OCc4ccccc4)c3)cc(OCc3cc(OCc4ccccc4)cc(OCc4ccccc4)c3)c2)cc(C)c1N1[C]N(c2c(C)cc(OCc3cc(OCc4cc(OCc5ccccc5)cc(OCc5ccccc5)c4)cc(OCc4cc(OCc5ccccc5)cc(OCc5ccccc5)c4)c3)cc2C)CC1. The Kier molecular flexibility index (Phi) is 30.2. The van der Waals surface area contributed by atoms with Crippen molar-refractivity contribution in [2.45, 2.75) is 120 Å². The number of nitrogens with zero attached hydrogens (tertiary/aromatic N) is 2. The third-order valence-corrected chi connectivity index (χ3v) is 22.3. The lowest BCUT2D eigenvalue weighted by Gasteiger charge is -2.25. The Labute approximate surface area is 779 Å². The Morgan fingerprint density at radius 2 is 0.278 bits per heavy atom. The number of ether oxygens (including phenoxy) is 14. The van der Waals surface area contributed by atoms with Crippen LogP contribution in [0.25, 0.3) is 0 Å². The van der Waals surface area contributed by atoms with Gasteiger partial charge in [-0.2, -0.15) is 0 Å². The van der Waals surface area contributed by atoms with Crippen LogP contribution in [-0.4, -0.2) is 13.1 Å². The second-order valence-electron chi connectivity index (χ2n) is 33.0. The van der Waals surface area contributed by atoms with Crippen molar-refractivity contribution in [1.82, 2.24) is 0 Å². The van der Waals surface area contributed by atoms with Crippen molar-refractivity contribution in [1.29, 1.82) is 0 Å². The molecule has 0 N–H and O–H groups in total. The number of benzene rings is 16. The van der Waals surface area contributed by atoms with Crippen molar-refractivity contribution in [2.75, 3.05) is 22.9 Å². The first kappa shape index (κ1) is 89.3. The van der Waals surface area contributed by atoms with E-state index in [1.165, 1.54) is 0 Å². The molecule has 16 aromatic carbocycles. The molecule has 16 nitrogen and oxygen atoms in total. The number of hydrogen-bond donors (Lipinski definition) is 0. The highest BCUT2D eigenvalue weighted by molar-refractivity contribution is 5.70. The lowest BCUT2D eigenvalue weighted by molar-refractivity contribution is 0.273. The second-order valence-corrected chi connectivity index (χ2v) is 33.0. The molecule has 17 rings (SSSR count). The molecule has 16 aromatic rings. The molecule has 0 aromatic heterocycles. The summed E-state index contributed by atoms with van der Waals surface area (Å²) in [5, 5.41) is 0. The Hall–Kier alpha value is -15.7. The number of rotatable bonds is 44. The van der Waals surface area contributed by atoms with E-state index in [1.54, 1.807) is 0 Å². The normalized spacial score (nSPS) is 11.6. The van der Waals surface area contributed by atoms with E-state index in [2.05, 4.69) is 68.4 Å². The van der Waals surface area contributed by atoms with E-state index >= 15 is 0 Å². The monoisotopic (exact) mass is 1760 g/mol. The van der Waals surface area contributed by atoms with Crippen molar-refractivity contribution in [2.24, 2.45) is 0 Å². The molecule has 1 heterocycles. The summed E-state index contributed by atoms with van der Waals surface area (Å²) in [6, 6.07) is 125.